The molecule has 1 aliphatic carbocycles. The van der Waals surface area contributed by atoms with Crippen molar-refractivity contribution in [1.29, 1.82) is 0 Å². The van der Waals surface area contributed by atoms with Crippen molar-refractivity contribution in [1.82, 2.24) is 4.90 Å². The van der Waals surface area contributed by atoms with Gasteiger partial charge in [-0.2, -0.15) is 0 Å². The standard InChI is InChI=1S/C16H34N2O/c1-14(2)10-12-18(15-7-4-5-8-15)16(13-19-3)9-6-11-17/h14-16H,4-13,17H2,1-3H3. The second-order valence-electron chi connectivity index (χ2n) is 6.40. The minimum Gasteiger partial charge on any atom is -0.383 e. The molecule has 1 aliphatic rings. The molecule has 114 valence electrons. The Morgan fingerprint density at radius 1 is 1.21 bits per heavy atom. The van der Waals surface area contributed by atoms with Crippen LogP contribution in [0, 0.1) is 5.92 Å². The second-order valence-corrected chi connectivity index (χ2v) is 6.40. The van der Waals surface area contributed by atoms with Gasteiger partial charge in [0.15, 0.2) is 0 Å². The maximum atomic E-state index is 5.69. The molecule has 3 heteroatoms. The summed E-state index contributed by atoms with van der Waals surface area (Å²) in [6, 6.07) is 1.35. The Hall–Kier alpha value is -0.120. The maximum Gasteiger partial charge on any atom is 0.0618 e. The summed E-state index contributed by atoms with van der Waals surface area (Å²) in [5.74, 6) is 0.779. The molecule has 1 saturated carbocycles. The van der Waals surface area contributed by atoms with Crippen LogP contribution in [-0.4, -0.2) is 43.8 Å². The first-order chi connectivity index (χ1) is 9.19. The van der Waals surface area contributed by atoms with Crippen LogP contribution in [0.15, 0.2) is 0 Å². The van der Waals surface area contributed by atoms with Crippen LogP contribution in [0.4, 0.5) is 0 Å². The largest absolute Gasteiger partial charge is 0.383 e. The highest BCUT2D eigenvalue weighted by molar-refractivity contribution is 4.83. The molecule has 0 heterocycles. The highest BCUT2D eigenvalue weighted by Crippen LogP contribution is 2.27. The van der Waals surface area contributed by atoms with E-state index in [1.807, 2.05) is 7.11 Å². The van der Waals surface area contributed by atoms with E-state index in [-0.39, 0.29) is 0 Å². The van der Waals surface area contributed by atoms with Gasteiger partial charge in [0, 0.05) is 19.2 Å². The smallest absolute Gasteiger partial charge is 0.0618 e. The minimum absolute atomic E-state index is 0.565. The molecular weight excluding hydrogens is 236 g/mol. The number of nitrogens with zero attached hydrogens (tertiary/aromatic N) is 1. The molecule has 0 saturated heterocycles. The molecule has 0 amide bonds. The van der Waals surface area contributed by atoms with Gasteiger partial charge in [0.05, 0.1) is 6.61 Å². The lowest BCUT2D eigenvalue weighted by Crippen LogP contribution is -2.45. The quantitative estimate of drug-likeness (QED) is 0.663. The van der Waals surface area contributed by atoms with Crippen molar-refractivity contribution >= 4 is 0 Å². The first kappa shape index (κ1) is 16.9. The first-order valence-electron chi connectivity index (χ1n) is 8.13. The molecule has 1 rings (SSSR count). The number of ether oxygens (including phenoxy) is 1. The summed E-state index contributed by atoms with van der Waals surface area (Å²) in [4.78, 5) is 2.74. The van der Waals surface area contributed by atoms with Crippen molar-refractivity contribution in [3.05, 3.63) is 0 Å². The third-order valence-corrected chi connectivity index (χ3v) is 4.33. The van der Waals surface area contributed by atoms with Crippen molar-refractivity contribution in [3.63, 3.8) is 0 Å². The van der Waals surface area contributed by atoms with E-state index in [4.69, 9.17) is 10.5 Å². The molecule has 1 fully saturated rings. The Kier molecular flexibility index (Phi) is 8.67. The number of hydrogen-bond donors (Lipinski definition) is 1. The lowest BCUT2D eigenvalue weighted by atomic mass is 10.0. The Morgan fingerprint density at radius 3 is 2.42 bits per heavy atom. The number of rotatable bonds is 10. The average molecular weight is 270 g/mol. The van der Waals surface area contributed by atoms with Gasteiger partial charge in [-0.3, -0.25) is 4.90 Å². The lowest BCUT2D eigenvalue weighted by Gasteiger charge is -2.37. The summed E-state index contributed by atoms with van der Waals surface area (Å²) < 4.78 is 5.47. The number of hydrogen-bond acceptors (Lipinski definition) is 3. The van der Waals surface area contributed by atoms with Gasteiger partial charge < -0.3 is 10.5 Å². The zero-order valence-corrected chi connectivity index (χ0v) is 13.2. The van der Waals surface area contributed by atoms with Gasteiger partial charge in [-0.1, -0.05) is 26.7 Å². The summed E-state index contributed by atoms with van der Waals surface area (Å²) in [7, 11) is 1.82. The number of nitrogens with two attached hydrogens (primary N) is 1. The van der Waals surface area contributed by atoms with Gasteiger partial charge in [-0.05, 0) is 51.1 Å². The zero-order chi connectivity index (χ0) is 14.1. The molecule has 0 aliphatic heterocycles. The molecule has 1 atom stereocenters. The van der Waals surface area contributed by atoms with E-state index in [0.717, 1.165) is 31.5 Å². The average Bonchev–Trinajstić information content (AvgIpc) is 2.89. The van der Waals surface area contributed by atoms with E-state index in [9.17, 15) is 0 Å². The zero-order valence-electron chi connectivity index (χ0n) is 13.2. The van der Waals surface area contributed by atoms with Crippen molar-refractivity contribution in [3.8, 4) is 0 Å². The van der Waals surface area contributed by atoms with Gasteiger partial charge in [-0.15, -0.1) is 0 Å². The minimum atomic E-state index is 0.565. The molecule has 0 aromatic heterocycles. The molecular formula is C16H34N2O. The highest BCUT2D eigenvalue weighted by atomic mass is 16.5. The fraction of sp³-hybridized carbons (Fsp3) is 1.00. The Bertz CT molecular complexity index is 215. The topological polar surface area (TPSA) is 38.5 Å². The Balaban J connectivity index is 2.59. The van der Waals surface area contributed by atoms with E-state index >= 15 is 0 Å². The fourth-order valence-corrected chi connectivity index (χ4v) is 3.20. The lowest BCUT2D eigenvalue weighted by molar-refractivity contribution is 0.0527. The Morgan fingerprint density at radius 2 is 1.89 bits per heavy atom. The summed E-state index contributed by atoms with van der Waals surface area (Å²) in [6.45, 7) is 7.51. The van der Waals surface area contributed by atoms with Gasteiger partial charge in [0.25, 0.3) is 0 Å². The van der Waals surface area contributed by atoms with Crippen molar-refractivity contribution < 1.29 is 4.74 Å². The molecule has 19 heavy (non-hydrogen) atoms. The second kappa shape index (κ2) is 9.73. The van der Waals surface area contributed by atoms with Crippen LogP contribution in [0.3, 0.4) is 0 Å². The van der Waals surface area contributed by atoms with E-state index in [1.165, 1.54) is 45.1 Å². The van der Waals surface area contributed by atoms with Crippen LogP contribution in [0.1, 0.15) is 58.8 Å². The molecule has 0 radical (unpaired) electrons. The molecule has 0 bridgehead atoms. The predicted molar refractivity (Wildman–Crippen MR) is 82.4 cm³/mol. The van der Waals surface area contributed by atoms with E-state index in [0.29, 0.717) is 6.04 Å². The van der Waals surface area contributed by atoms with Crippen LogP contribution >= 0.6 is 0 Å². The fourth-order valence-electron chi connectivity index (χ4n) is 3.20. The van der Waals surface area contributed by atoms with Crippen LogP contribution in [0.2, 0.25) is 0 Å². The van der Waals surface area contributed by atoms with E-state index in [1.54, 1.807) is 0 Å². The van der Waals surface area contributed by atoms with E-state index in [2.05, 4.69) is 18.7 Å². The first-order valence-corrected chi connectivity index (χ1v) is 8.13. The normalized spacial score (nSPS) is 18.6. The molecule has 0 spiro atoms. The van der Waals surface area contributed by atoms with Crippen LogP contribution in [0.25, 0.3) is 0 Å². The predicted octanol–water partition coefficient (Wildman–Crippen LogP) is 3.03. The molecule has 2 N–H and O–H groups in total. The van der Waals surface area contributed by atoms with Crippen LogP contribution in [0.5, 0.6) is 0 Å². The number of methoxy groups -OCH3 is 1. The summed E-state index contributed by atoms with van der Waals surface area (Å²) >= 11 is 0. The monoisotopic (exact) mass is 270 g/mol. The molecule has 3 nitrogen and oxygen atoms in total. The van der Waals surface area contributed by atoms with Gasteiger partial charge in [-0.25, -0.2) is 0 Å². The Labute approximate surface area is 119 Å². The third-order valence-electron chi connectivity index (χ3n) is 4.33. The van der Waals surface area contributed by atoms with Crippen molar-refractivity contribution in [2.75, 3.05) is 26.8 Å². The highest BCUT2D eigenvalue weighted by Gasteiger charge is 2.28. The summed E-state index contributed by atoms with van der Waals surface area (Å²) in [5, 5.41) is 0. The SMILES string of the molecule is COCC(CCCN)N(CCC(C)C)C1CCCC1. The summed E-state index contributed by atoms with van der Waals surface area (Å²) in [5.41, 5.74) is 5.69. The van der Waals surface area contributed by atoms with Gasteiger partial charge >= 0.3 is 0 Å². The van der Waals surface area contributed by atoms with Crippen LogP contribution < -0.4 is 5.73 Å². The maximum absolute atomic E-state index is 5.69. The third kappa shape index (κ3) is 6.24. The van der Waals surface area contributed by atoms with Gasteiger partial charge in [0.1, 0.15) is 0 Å². The van der Waals surface area contributed by atoms with Gasteiger partial charge in [0.2, 0.25) is 0 Å². The molecule has 1 unspecified atom stereocenters. The molecule has 0 aromatic carbocycles. The van der Waals surface area contributed by atoms with Crippen molar-refractivity contribution in [2.24, 2.45) is 11.7 Å². The molecule has 0 aromatic rings. The van der Waals surface area contributed by atoms with E-state index < -0.39 is 0 Å². The van der Waals surface area contributed by atoms with Crippen molar-refractivity contribution in [2.45, 2.75) is 70.9 Å². The summed E-state index contributed by atoms with van der Waals surface area (Å²) in [6.07, 6.45) is 9.14. The van der Waals surface area contributed by atoms with Crippen LogP contribution in [-0.2, 0) is 4.74 Å².